The monoisotopic (exact) mass is 629 g/mol. The first-order valence-corrected chi connectivity index (χ1v) is 14.7. The fourth-order valence-electron chi connectivity index (χ4n) is 5.38. The molecule has 0 bridgehead atoms. The van der Waals surface area contributed by atoms with Gasteiger partial charge in [-0.1, -0.05) is 0 Å². The average Bonchev–Trinajstić information content (AvgIpc) is 2.96. The fourth-order valence-corrected chi connectivity index (χ4v) is 6.54. The molecule has 15 heteroatoms. The van der Waals surface area contributed by atoms with Gasteiger partial charge in [0, 0.05) is 47.9 Å². The van der Waals surface area contributed by atoms with E-state index in [2.05, 4.69) is 10.6 Å². The number of anilines is 2. The molecule has 0 spiro atoms. The minimum absolute atomic E-state index is 0.0175. The van der Waals surface area contributed by atoms with Crippen molar-refractivity contribution in [2.75, 3.05) is 29.5 Å². The van der Waals surface area contributed by atoms with Crippen molar-refractivity contribution in [2.24, 2.45) is 0 Å². The fraction of sp³-hybridized carbons (Fsp3) is 0.500. The van der Waals surface area contributed by atoms with E-state index in [9.17, 15) is 41.3 Å². The highest BCUT2D eigenvalue weighted by molar-refractivity contribution is 8.00. The molecule has 2 fully saturated rings. The van der Waals surface area contributed by atoms with E-state index in [1.54, 1.807) is 22.7 Å². The third-order valence-corrected chi connectivity index (χ3v) is 9.01. The number of hydrogen-bond acceptors (Lipinski definition) is 7. The molecule has 2 N–H and O–H groups in total. The van der Waals surface area contributed by atoms with Crippen LogP contribution in [0.15, 0.2) is 36.4 Å². The lowest BCUT2D eigenvalue weighted by Crippen LogP contribution is -2.43. The van der Waals surface area contributed by atoms with Crippen LogP contribution >= 0.6 is 11.8 Å². The van der Waals surface area contributed by atoms with Crippen LogP contribution in [0.25, 0.3) is 0 Å². The summed E-state index contributed by atoms with van der Waals surface area (Å²) < 4.78 is 79.6. The molecule has 1 amide bonds. The number of carbonyl (C=O) groups is 1. The van der Waals surface area contributed by atoms with Gasteiger partial charge in [-0.15, -0.1) is 11.8 Å². The molecule has 1 saturated heterocycles. The highest BCUT2D eigenvalue weighted by Gasteiger charge is 2.39. The van der Waals surface area contributed by atoms with Crippen LogP contribution in [0.3, 0.4) is 0 Å². The maximum absolute atomic E-state index is 13.3. The number of carbonyl (C=O) groups excluding carboxylic acids is 1. The Hall–Kier alpha value is -3.67. The van der Waals surface area contributed by atoms with Crippen molar-refractivity contribution >= 4 is 34.7 Å². The zero-order chi connectivity index (χ0) is 31.4. The van der Waals surface area contributed by atoms with Crippen LogP contribution in [-0.2, 0) is 17.1 Å². The average molecular weight is 630 g/mol. The van der Waals surface area contributed by atoms with E-state index in [0.29, 0.717) is 31.6 Å². The first-order valence-electron chi connectivity index (χ1n) is 13.6. The number of nitrogens with zero attached hydrogens (tertiary/aromatic N) is 3. The maximum Gasteiger partial charge on any atom is 0.423 e. The maximum atomic E-state index is 13.3. The Morgan fingerprint density at radius 2 is 1.44 bits per heavy atom. The van der Waals surface area contributed by atoms with E-state index in [1.165, 1.54) is 12.1 Å². The number of rotatable bonds is 8. The Kier molecular flexibility index (Phi) is 9.99. The number of nitro benzene ring substituents is 1. The van der Waals surface area contributed by atoms with E-state index in [1.807, 2.05) is 0 Å². The second-order valence-corrected chi connectivity index (χ2v) is 11.9. The smallest absolute Gasteiger partial charge is 0.382 e. The van der Waals surface area contributed by atoms with E-state index < -0.39 is 39.7 Å². The third kappa shape index (κ3) is 8.46. The normalized spacial score (nSPS) is 19.9. The standard InChI is InChI=1S/C28H29F6N5O3S/c29-27(30,31)23-13-20(2-1-17(23)15-35)36-18-3-6-22(7-4-18)43-16-26(40)38-11-9-19(10-12-38)37-21-5-8-25(39(41)42)24(14-21)28(32,33)34/h1-2,5,8,13-14,18-19,22,36-37H,3-4,6-7,9-12,16H2. The Bertz CT molecular complexity index is 1360. The van der Waals surface area contributed by atoms with Gasteiger partial charge in [-0.05, 0) is 68.9 Å². The lowest BCUT2D eigenvalue weighted by atomic mass is 9.94. The van der Waals surface area contributed by atoms with Crippen molar-refractivity contribution < 1.29 is 36.1 Å². The number of halogens is 6. The number of hydrogen-bond donors (Lipinski definition) is 2. The van der Waals surface area contributed by atoms with E-state index >= 15 is 0 Å². The molecular formula is C28H29F6N5O3S. The van der Waals surface area contributed by atoms with E-state index in [4.69, 9.17) is 5.26 Å². The van der Waals surface area contributed by atoms with Crippen molar-refractivity contribution in [3.8, 4) is 6.07 Å². The molecule has 43 heavy (non-hydrogen) atoms. The molecule has 1 aliphatic carbocycles. The van der Waals surface area contributed by atoms with Crippen LogP contribution in [0.5, 0.6) is 0 Å². The number of nitriles is 1. The second-order valence-electron chi connectivity index (χ2n) is 10.6. The zero-order valence-corrected chi connectivity index (χ0v) is 23.6. The van der Waals surface area contributed by atoms with Crippen molar-refractivity contribution in [2.45, 2.75) is 68.2 Å². The SMILES string of the molecule is N#Cc1ccc(NC2CCC(SCC(=O)N3CCC(Nc4ccc([N+](=O)[O-])c(C(F)(F)F)c4)CC3)CC2)cc1C(F)(F)F. The Morgan fingerprint density at radius 3 is 1.98 bits per heavy atom. The number of nitro groups is 1. The summed E-state index contributed by atoms with van der Waals surface area (Å²) in [6.45, 7) is 0.856. The number of piperidine rings is 1. The number of alkyl halides is 6. The summed E-state index contributed by atoms with van der Waals surface area (Å²) in [5, 5.41) is 26.3. The number of thioether (sulfide) groups is 1. The van der Waals surface area contributed by atoms with Crippen LogP contribution in [0.4, 0.5) is 43.4 Å². The summed E-state index contributed by atoms with van der Waals surface area (Å²) in [6, 6.07) is 7.78. The second kappa shape index (κ2) is 13.3. The lowest BCUT2D eigenvalue weighted by molar-refractivity contribution is -0.388. The Labute approximate surface area is 247 Å². The molecule has 232 valence electrons. The van der Waals surface area contributed by atoms with Gasteiger partial charge in [0.1, 0.15) is 5.56 Å². The molecular weight excluding hydrogens is 600 g/mol. The largest absolute Gasteiger partial charge is 0.423 e. The van der Waals surface area contributed by atoms with Crippen molar-refractivity contribution in [1.82, 2.24) is 4.90 Å². The lowest BCUT2D eigenvalue weighted by Gasteiger charge is -2.34. The highest BCUT2D eigenvalue weighted by Crippen LogP contribution is 2.38. The number of nitrogens with one attached hydrogen (secondary N) is 2. The summed E-state index contributed by atoms with van der Waals surface area (Å²) in [4.78, 5) is 24.4. The Balaban J connectivity index is 1.19. The van der Waals surface area contributed by atoms with Gasteiger partial charge in [-0.25, -0.2) is 0 Å². The van der Waals surface area contributed by atoms with Gasteiger partial charge in [0.15, 0.2) is 0 Å². The predicted molar refractivity (Wildman–Crippen MR) is 150 cm³/mol. The molecule has 2 aromatic carbocycles. The van der Waals surface area contributed by atoms with Crippen LogP contribution in [0, 0.1) is 21.4 Å². The summed E-state index contributed by atoms with van der Waals surface area (Å²) in [5.74, 6) is 0.249. The molecule has 0 radical (unpaired) electrons. The summed E-state index contributed by atoms with van der Waals surface area (Å²) >= 11 is 1.55. The molecule has 0 aromatic heterocycles. The molecule has 1 saturated carbocycles. The first kappa shape index (κ1) is 32.2. The highest BCUT2D eigenvalue weighted by atomic mass is 32.2. The van der Waals surface area contributed by atoms with Gasteiger partial charge in [0.25, 0.3) is 5.69 Å². The molecule has 8 nitrogen and oxygen atoms in total. The quantitative estimate of drug-likeness (QED) is 0.183. The molecule has 1 aliphatic heterocycles. The van der Waals surface area contributed by atoms with Gasteiger partial charge in [0.2, 0.25) is 5.91 Å². The van der Waals surface area contributed by atoms with Crippen LogP contribution in [-0.4, -0.2) is 51.9 Å². The van der Waals surface area contributed by atoms with Gasteiger partial charge < -0.3 is 15.5 Å². The molecule has 0 unspecified atom stereocenters. The molecule has 2 aliphatic rings. The Morgan fingerprint density at radius 1 is 0.907 bits per heavy atom. The summed E-state index contributed by atoms with van der Waals surface area (Å²) in [7, 11) is 0. The van der Waals surface area contributed by atoms with Crippen molar-refractivity contribution in [3.05, 3.63) is 63.2 Å². The first-order chi connectivity index (χ1) is 20.2. The van der Waals surface area contributed by atoms with Crippen LogP contribution < -0.4 is 10.6 Å². The molecule has 4 rings (SSSR count). The van der Waals surface area contributed by atoms with Gasteiger partial charge in [-0.2, -0.15) is 31.6 Å². The predicted octanol–water partition coefficient (Wildman–Crippen LogP) is 7.06. The molecule has 1 heterocycles. The third-order valence-electron chi connectivity index (χ3n) is 7.65. The van der Waals surface area contributed by atoms with Gasteiger partial charge in [-0.3, -0.25) is 14.9 Å². The van der Waals surface area contributed by atoms with E-state index in [0.717, 1.165) is 49.9 Å². The van der Waals surface area contributed by atoms with Gasteiger partial charge in [0.05, 0.1) is 27.9 Å². The molecule has 0 atom stereocenters. The minimum atomic E-state index is -4.87. The number of amides is 1. The van der Waals surface area contributed by atoms with Crippen LogP contribution in [0.2, 0.25) is 0 Å². The topological polar surface area (TPSA) is 111 Å². The zero-order valence-electron chi connectivity index (χ0n) is 22.8. The number of benzene rings is 2. The van der Waals surface area contributed by atoms with Crippen LogP contribution in [0.1, 0.15) is 55.2 Å². The van der Waals surface area contributed by atoms with Crippen molar-refractivity contribution in [1.29, 1.82) is 5.26 Å². The summed E-state index contributed by atoms with van der Waals surface area (Å²) in [5.41, 5.74) is -3.28. The number of likely N-dealkylation sites (tertiary alicyclic amines) is 1. The molecule has 2 aromatic rings. The minimum Gasteiger partial charge on any atom is -0.382 e. The van der Waals surface area contributed by atoms with E-state index in [-0.39, 0.29) is 34.7 Å². The van der Waals surface area contributed by atoms with Crippen molar-refractivity contribution in [3.63, 3.8) is 0 Å². The summed E-state index contributed by atoms with van der Waals surface area (Å²) in [6.07, 6.45) is -5.43. The van der Waals surface area contributed by atoms with Gasteiger partial charge >= 0.3 is 12.4 Å².